The van der Waals surface area contributed by atoms with Crippen molar-refractivity contribution in [1.29, 1.82) is 0 Å². The summed E-state index contributed by atoms with van der Waals surface area (Å²) in [5.74, 6) is -0.214. The SMILES string of the molecule is NC1(C(=O)NCC(=O)N2CCN(c3ccccc3)CC2)CCCC1. The molecule has 0 radical (unpaired) electrons. The smallest absolute Gasteiger partial charge is 0.242 e. The van der Waals surface area contributed by atoms with Gasteiger partial charge in [0, 0.05) is 31.9 Å². The molecule has 24 heavy (non-hydrogen) atoms. The molecule has 1 aromatic rings. The van der Waals surface area contributed by atoms with Crippen LogP contribution < -0.4 is 16.0 Å². The highest BCUT2D eigenvalue weighted by atomic mass is 16.2. The first-order chi connectivity index (χ1) is 11.6. The van der Waals surface area contributed by atoms with E-state index in [2.05, 4.69) is 22.3 Å². The molecule has 0 atom stereocenters. The van der Waals surface area contributed by atoms with Crippen LogP contribution in [0.15, 0.2) is 30.3 Å². The molecule has 130 valence electrons. The molecule has 2 fully saturated rings. The van der Waals surface area contributed by atoms with E-state index in [1.165, 1.54) is 5.69 Å². The quantitative estimate of drug-likeness (QED) is 0.853. The summed E-state index contributed by atoms with van der Waals surface area (Å²) in [7, 11) is 0. The summed E-state index contributed by atoms with van der Waals surface area (Å²) in [4.78, 5) is 28.6. The molecule has 1 saturated carbocycles. The molecule has 3 rings (SSSR count). The Morgan fingerprint density at radius 1 is 1.04 bits per heavy atom. The van der Waals surface area contributed by atoms with Crippen molar-refractivity contribution in [2.45, 2.75) is 31.2 Å². The molecule has 2 amide bonds. The Morgan fingerprint density at radius 3 is 2.29 bits per heavy atom. The summed E-state index contributed by atoms with van der Waals surface area (Å²) in [5, 5.41) is 2.74. The molecular formula is C18H26N4O2. The normalized spacial score (nSPS) is 20.0. The van der Waals surface area contributed by atoms with Gasteiger partial charge in [-0.25, -0.2) is 0 Å². The van der Waals surface area contributed by atoms with Crippen molar-refractivity contribution < 1.29 is 9.59 Å². The number of para-hydroxylation sites is 1. The summed E-state index contributed by atoms with van der Waals surface area (Å²) in [6, 6.07) is 10.2. The van der Waals surface area contributed by atoms with Crippen molar-refractivity contribution in [3.63, 3.8) is 0 Å². The predicted molar refractivity (Wildman–Crippen MR) is 93.6 cm³/mol. The molecular weight excluding hydrogens is 304 g/mol. The average Bonchev–Trinajstić information content (AvgIpc) is 3.08. The molecule has 1 heterocycles. The highest BCUT2D eigenvalue weighted by Gasteiger charge is 2.37. The van der Waals surface area contributed by atoms with Gasteiger partial charge < -0.3 is 20.9 Å². The monoisotopic (exact) mass is 330 g/mol. The number of hydrogen-bond donors (Lipinski definition) is 2. The Kier molecular flexibility index (Phi) is 5.04. The molecule has 0 aromatic heterocycles. The van der Waals surface area contributed by atoms with Crippen LogP contribution in [0.1, 0.15) is 25.7 Å². The lowest BCUT2D eigenvalue weighted by Crippen LogP contribution is -2.55. The van der Waals surface area contributed by atoms with E-state index in [-0.39, 0.29) is 18.4 Å². The summed E-state index contributed by atoms with van der Waals surface area (Å²) in [6.07, 6.45) is 3.39. The zero-order chi connectivity index (χ0) is 17.0. The molecule has 0 unspecified atom stereocenters. The van der Waals surface area contributed by atoms with E-state index >= 15 is 0 Å². The Bertz CT molecular complexity index is 576. The number of anilines is 1. The maximum atomic E-state index is 12.3. The standard InChI is InChI=1S/C18H26N4O2/c19-18(8-4-5-9-18)17(24)20-14-16(23)22-12-10-21(11-13-22)15-6-2-1-3-7-15/h1-3,6-7H,4-5,8-14,19H2,(H,20,24). The fraction of sp³-hybridized carbons (Fsp3) is 0.556. The van der Waals surface area contributed by atoms with E-state index in [4.69, 9.17) is 5.73 Å². The summed E-state index contributed by atoms with van der Waals surface area (Å²) < 4.78 is 0. The fourth-order valence-corrected chi connectivity index (χ4v) is 3.53. The molecule has 1 aromatic carbocycles. The van der Waals surface area contributed by atoms with E-state index in [1.54, 1.807) is 0 Å². The van der Waals surface area contributed by atoms with E-state index in [0.29, 0.717) is 25.9 Å². The van der Waals surface area contributed by atoms with Gasteiger partial charge in [-0.1, -0.05) is 31.0 Å². The van der Waals surface area contributed by atoms with Gasteiger partial charge in [-0.3, -0.25) is 9.59 Å². The van der Waals surface area contributed by atoms with Crippen LogP contribution >= 0.6 is 0 Å². The van der Waals surface area contributed by atoms with Gasteiger partial charge in [0.2, 0.25) is 11.8 Å². The molecule has 3 N–H and O–H groups in total. The second-order valence-electron chi connectivity index (χ2n) is 6.75. The van der Waals surface area contributed by atoms with Crippen molar-refractivity contribution in [2.24, 2.45) is 5.73 Å². The van der Waals surface area contributed by atoms with Crippen LogP contribution in [0.2, 0.25) is 0 Å². The van der Waals surface area contributed by atoms with Crippen LogP contribution in [0.3, 0.4) is 0 Å². The summed E-state index contributed by atoms with van der Waals surface area (Å²) in [5.41, 5.74) is 6.52. The van der Waals surface area contributed by atoms with Crippen molar-refractivity contribution in [3.8, 4) is 0 Å². The topological polar surface area (TPSA) is 78.7 Å². The van der Waals surface area contributed by atoms with Crippen LogP contribution in [-0.2, 0) is 9.59 Å². The molecule has 0 bridgehead atoms. The Hall–Kier alpha value is -2.08. The van der Waals surface area contributed by atoms with E-state index < -0.39 is 5.54 Å². The number of carbonyl (C=O) groups is 2. The highest BCUT2D eigenvalue weighted by Crippen LogP contribution is 2.27. The number of nitrogens with zero attached hydrogens (tertiary/aromatic N) is 2. The minimum absolute atomic E-state index is 0.0299. The third kappa shape index (κ3) is 3.70. The van der Waals surface area contributed by atoms with Gasteiger partial charge in [-0.2, -0.15) is 0 Å². The van der Waals surface area contributed by atoms with Crippen LogP contribution in [0, 0.1) is 0 Å². The van der Waals surface area contributed by atoms with Gasteiger partial charge in [0.1, 0.15) is 0 Å². The van der Waals surface area contributed by atoms with Crippen LogP contribution in [0.25, 0.3) is 0 Å². The van der Waals surface area contributed by atoms with E-state index in [9.17, 15) is 9.59 Å². The van der Waals surface area contributed by atoms with Gasteiger partial charge in [-0.15, -0.1) is 0 Å². The molecule has 1 aliphatic carbocycles. The maximum absolute atomic E-state index is 12.3. The minimum Gasteiger partial charge on any atom is -0.368 e. The van der Waals surface area contributed by atoms with E-state index in [0.717, 1.165) is 25.9 Å². The van der Waals surface area contributed by atoms with Gasteiger partial charge in [0.25, 0.3) is 0 Å². The third-order valence-corrected chi connectivity index (χ3v) is 5.10. The van der Waals surface area contributed by atoms with Crippen LogP contribution in [-0.4, -0.2) is 55.0 Å². The number of piperazine rings is 1. The number of rotatable bonds is 4. The first-order valence-electron chi connectivity index (χ1n) is 8.73. The Labute approximate surface area is 143 Å². The van der Waals surface area contributed by atoms with Gasteiger partial charge in [-0.05, 0) is 25.0 Å². The summed E-state index contributed by atoms with van der Waals surface area (Å²) in [6.45, 7) is 3.02. The number of carbonyl (C=O) groups excluding carboxylic acids is 2. The van der Waals surface area contributed by atoms with Crippen molar-refractivity contribution in [2.75, 3.05) is 37.6 Å². The number of nitrogens with two attached hydrogens (primary N) is 1. The third-order valence-electron chi connectivity index (χ3n) is 5.10. The van der Waals surface area contributed by atoms with Crippen LogP contribution in [0.4, 0.5) is 5.69 Å². The molecule has 6 nitrogen and oxygen atoms in total. The van der Waals surface area contributed by atoms with Gasteiger partial charge in [0.05, 0.1) is 12.1 Å². The average molecular weight is 330 g/mol. The lowest BCUT2D eigenvalue weighted by Gasteiger charge is -2.36. The first-order valence-corrected chi connectivity index (χ1v) is 8.73. The second-order valence-corrected chi connectivity index (χ2v) is 6.75. The molecule has 2 aliphatic rings. The zero-order valence-corrected chi connectivity index (χ0v) is 14.0. The zero-order valence-electron chi connectivity index (χ0n) is 14.0. The van der Waals surface area contributed by atoms with Crippen molar-refractivity contribution >= 4 is 17.5 Å². The fourth-order valence-electron chi connectivity index (χ4n) is 3.53. The summed E-state index contributed by atoms with van der Waals surface area (Å²) >= 11 is 0. The molecule has 6 heteroatoms. The Morgan fingerprint density at radius 2 is 1.67 bits per heavy atom. The number of nitrogens with one attached hydrogen (secondary N) is 1. The second kappa shape index (κ2) is 7.21. The number of amides is 2. The predicted octanol–water partition coefficient (Wildman–Crippen LogP) is 0.723. The van der Waals surface area contributed by atoms with Gasteiger partial charge >= 0.3 is 0 Å². The first kappa shape index (κ1) is 16.8. The molecule has 0 spiro atoms. The van der Waals surface area contributed by atoms with E-state index in [1.807, 2.05) is 23.1 Å². The number of hydrogen-bond acceptors (Lipinski definition) is 4. The largest absolute Gasteiger partial charge is 0.368 e. The minimum atomic E-state index is -0.772. The van der Waals surface area contributed by atoms with Crippen molar-refractivity contribution in [3.05, 3.63) is 30.3 Å². The number of benzene rings is 1. The highest BCUT2D eigenvalue weighted by molar-refractivity contribution is 5.90. The molecule has 1 saturated heterocycles. The Balaban J connectivity index is 1.44. The van der Waals surface area contributed by atoms with Crippen LogP contribution in [0.5, 0.6) is 0 Å². The molecule has 1 aliphatic heterocycles. The lowest BCUT2D eigenvalue weighted by molar-refractivity contribution is -0.134. The lowest BCUT2D eigenvalue weighted by atomic mass is 9.98. The maximum Gasteiger partial charge on any atom is 0.242 e. The van der Waals surface area contributed by atoms with Crippen molar-refractivity contribution in [1.82, 2.24) is 10.2 Å². The van der Waals surface area contributed by atoms with Gasteiger partial charge in [0.15, 0.2) is 0 Å².